The van der Waals surface area contributed by atoms with E-state index in [1.165, 1.54) is 12.1 Å². The Kier molecular flexibility index (Phi) is 2.80. The van der Waals surface area contributed by atoms with Crippen LogP contribution in [0.15, 0.2) is 18.2 Å². The number of hydrogen-bond donors (Lipinski definition) is 1. The van der Waals surface area contributed by atoms with Crippen molar-refractivity contribution in [3.8, 4) is 5.75 Å². The number of rotatable bonds is 3. The van der Waals surface area contributed by atoms with Crippen LogP contribution in [0.5, 0.6) is 5.75 Å². The van der Waals surface area contributed by atoms with Gasteiger partial charge in [0.15, 0.2) is 6.29 Å². The van der Waals surface area contributed by atoms with Gasteiger partial charge in [0.25, 0.3) is 0 Å². The van der Waals surface area contributed by atoms with E-state index in [-0.39, 0.29) is 17.2 Å². The molecular weight excluding hydrogens is 168 g/mol. The molecule has 1 atom stereocenters. The molecule has 0 aliphatic carbocycles. The van der Waals surface area contributed by atoms with Gasteiger partial charge in [-0.05, 0) is 17.7 Å². The van der Waals surface area contributed by atoms with Gasteiger partial charge in [-0.3, -0.25) is 4.79 Å². The van der Waals surface area contributed by atoms with Crippen LogP contribution < -0.4 is 0 Å². The highest BCUT2D eigenvalue weighted by molar-refractivity contribution is 5.80. The maximum Gasteiger partial charge on any atom is 0.153 e. The molecule has 0 heterocycles. The van der Waals surface area contributed by atoms with Crippen molar-refractivity contribution in [3.63, 3.8) is 0 Å². The maximum absolute atomic E-state index is 10.4. The fourth-order valence-corrected chi connectivity index (χ4v) is 1.03. The lowest BCUT2D eigenvalue weighted by atomic mass is 10.0. The molecule has 1 rings (SSSR count). The first-order valence-electron chi connectivity index (χ1n) is 3.92. The van der Waals surface area contributed by atoms with Crippen molar-refractivity contribution >= 4 is 12.6 Å². The van der Waals surface area contributed by atoms with Gasteiger partial charge in [0, 0.05) is 5.92 Å². The van der Waals surface area contributed by atoms with Crippen LogP contribution in [-0.4, -0.2) is 17.7 Å². The summed E-state index contributed by atoms with van der Waals surface area (Å²) in [6.07, 6.45) is 1.36. The Bertz CT molecular complexity index is 331. The van der Waals surface area contributed by atoms with Crippen molar-refractivity contribution in [1.29, 1.82) is 0 Å². The number of phenols is 1. The minimum Gasteiger partial charge on any atom is -0.507 e. The Labute approximate surface area is 76.0 Å². The van der Waals surface area contributed by atoms with E-state index in [2.05, 4.69) is 0 Å². The predicted molar refractivity (Wildman–Crippen MR) is 48.0 cm³/mol. The largest absolute Gasteiger partial charge is 0.507 e. The van der Waals surface area contributed by atoms with Gasteiger partial charge in [-0.2, -0.15) is 0 Å². The summed E-state index contributed by atoms with van der Waals surface area (Å²) in [5.41, 5.74) is 0.945. The monoisotopic (exact) mass is 178 g/mol. The molecule has 0 spiro atoms. The second kappa shape index (κ2) is 3.85. The highest BCUT2D eigenvalue weighted by Crippen LogP contribution is 2.20. The molecule has 0 amide bonds. The third kappa shape index (κ3) is 1.93. The molecule has 0 saturated heterocycles. The molecule has 68 valence electrons. The summed E-state index contributed by atoms with van der Waals surface area (Å²) in [6, 6.07) is 4.56. The molecule has 0 saturated carbocycles. The van der Waals surface area contributed by atoms with E-state index in [0.29, 0.717) is 6.29 Å². The molecule has 0 fully saturated rings. The van der Waals surface area contributed by atoms with Crippen molar-refractivity contribution in [2.45, 2.75) is 12.8 Å². The van der Waals surface area contributed by atoms with Crippen molar-refractivity contribution in [1.82, 2.24) is 0 Å². The molecular formula is C10H10O3. The topological polar surface area (TPSA) is 54.4 Å². The normalized spacial score (nSPS) is 12.1. The summed E-state index contributed by atoms with van der Waals surface area (Å²) in [6.45, 7) is 1.73. The Morgan fingerprint density at radius 3 is 2.62 bits per heavy atom. The van der Waals surface area contributed by atoms with E-state index in [0.717, 1.165) is 11.8 Å². The van der Waals surface area contributed by atoms with Crippen LogP contribution in [0, 0.1) is 0 Å². The SMILES string of the molecule is CC(C=O)c1ccc(O)c(C=O)c1. The van der Waals surface area contributed by atoms with Crippen LogP contribution in [-0.2, 0) is 4.79 Å². The van der Waals surface area contributed by atoms with Gasteiger partial charge < -0.3 is 9.90 Å². The summed E-state index contributed by atoms with van der Waals surface area (Å²) >= 11 is 0. The second-order valence-corrected chi connectivity index (χ2v) is 2.86. The Hall–Kier alpha value is -1.64. The van der Waals surface area contributed by atoms with E-state index in [1.807, 2.05) is 0 Å². The first-order valence-corrected chi connectivity index (χ1v) is 3.92. The van der Waals surface area contributed by atoms with Gasteiger partial charge in [0.1, 0.15) is 12.0 Å². The highest BCUT2D eigenvalue weighted by atomic mass is 16.3. The standard InChI is InChI=1S/C10H10O3/c1-7(5-11)8-2-3-10(13)9(4-8)6-12/h2-7,13H,1H3. The molecule has 1 unspecified atom stereocenters. The average molecular weight is 178 g/mol. The summed E-state index contributed by atoms with van der Waals surface area (Å²) in [5, 5.41) is 9.17. The molecule has 3 heteroatoms. The number of benzene rings is 1. The van der Waals surface area contributed by atoms with Gasteiger partial charge in [-0.1, -0.05) is 13.0 Å². The molecule has 0 aliphatic rings. The number of phenolic OH excluding ortho intramolecular Hbond substituents is 1. The van der Waals surface area contributed by atoms with Gasteiger partial charge in [-0.25, -0.2) is 0 Å². The summed E-state index contributed by atoms with van der Waals surface area (Å²) in [4.78, 5) is 20.9. The van der Waals surface area contributed by atoms with Gasteiger partial charge in [0.05, 0.1) is 5.56 Å². The fraction of sp³-hybridized carbons (Fsp3) is 0.200. The van der Waals surface area contributed by atoms with E-state index >= 15 is 0 Å². The van der Waals surface area contributed by atoms with Gasteiger partial charge in [0.2, 0.25) is 0 Å². The Morgan fingerprint density at radius 1 is 1.38 bits per heavy atom. The average Bonchev–Trinajstić information content (AvgIpc) is 2.17. The molecule has 1 aromatic carbocycles. The number of carbonyl (C=O) groups excluding carboxylic acids is 2. The third-order valence-corrected chi connectivity index (χ3v) is 1.91. The first-order chi connectivity index (χ1) is 6.19. The Balaban J connectivity index is 3.12. The summed E-state index contributed by atoms with van der Waals surface area (Å²) < 4.78 is 0. The van der Waals surface area contributed by atoms with Crippen molar-refractivity contribution in [2.75, 3.05) is 0 Å². The summed E-state index contributed by atoms with van der Waals surface area (Å²) in [5.74, 6) is -0.309. The third-order valence-electron chi connectivity index (χ3n) is 1.91. The van der Waals surface area contributed by atoms with E-state index in [1.54, 1.807) is 13.0 Å². The molecule has 1 N–H and O–H groups in total. The lowest BCUT2D eigenvalue weighted by Gasteiger charge is -2.05. The molecule has 0 aromatic heterocycles. The number of aldehydes is 2. The smallest absolute Gasteiger partial charge is 0.153 e. The van der Waals surface area contributed by atoms with Crippen molar-refractivity contribution in [2.24, 2.45) is 0 Å². The quantitative estimate of drug-likeness (QED) is 0.713. The van der Waals surface area contributed by atoms with E-state index in [4.69, 9.17) is 5.11 Å². The van der Waals surface area contributed by atoms with Crippen LogP contribution in [0.2, 0.25) is 0 Å². The zero-order valence-corrected chi connectivity index (χ0v) is 7.23. The lowest BCUT2D eigenvalue weighted by molar-refractivity contribution is -0.108. The zero-order valence-electron chi connectivity index (χ0n) is 7.23. The van der Waals surface area contributed by atoms with Crippen LogP contribution >= 0.6 is 0 Å². The fourth-order valence-electron chi connectivity index (χ4n) is 1.03. The molecule has 0 aliphatic heterocycles. The van der Waals surface area contributed by atoms with Crippen molar-refractivity contribution < 1.29 is 14.7 Å². The molecule has 3 nitrogen and oxygen atoms in total. The van der Waals surface area contributed by atoms with Gasteiger partial charge in [-0.15, -0.1) is 0 Å². The summed E-state index contributed by atoms with van der Waals surface area (Å²) in [7, 11) is 0. The number of hydrogen-bond acceptors (Lipinski definition) is 3. The van der Waals surface area contributed by atoms with Crippen LogP contribution in [0.1, 0.15) is 28.8 Å². The number of aromatic hydroxyl groups is 1. The van der Waals surface area contributed by atoms with E-state index in [9.17, 15) is 9.59 Å². The minimum atomic E-state index is -0.251. The predicted octanol–water partition coefficient (Wildman–Crippen LogP) is 1.51. The van der Waals surface area contributed by atoms with Crippen LogP contribution in [0.4, 0.5) is 0 Å². The first kappa shape index (κ1) is 9.45. The van der Waals surface area contributed by atoms with Crippen molar-refractivity contribution in [3.05, 3.63) is 29.3 Å². The molecule has 1 aromatic rings. The minimum absolute atomic E-state index is 0.0585. The molecule has 0 bridgehead atoms. The highest BCUT2D eigenvalue weighted by Gasteiger charge is 2.06. The Morgan fingerprint density at radius 2 is 2.08 bits per heavy atom. The molecule has 13 heavy (non-hydrogen) atoms. The van der Waals surface area contributed by atoms with Gasteiger partial charge >= 0.3 is 0 Å². The zero-order chi connectivity index (χ0) is 9.84. The van der Waals surface area contributed by atoms with E-state index < -0.39 is 0 Å². The second-order valence-electron chi connectivity index (χ2n) is 2.86. The van der Waals surface area contributed by atoms with Crippen LogP contribution in [0.3, 0.4) is 0 Å². The maximum atomic E-state index is 10.4. The van der Waals surface area contributed by atoms with Crippen LogP contribution in [0.25, 0.3) is 0 Å². The number of carbonyl (C=O) groups is 2. The molecule has 0 radical (unpaired) electrons. The lowest BCUT2D eigenvalue weighted by Crippen LogP contribution is -1.95.